The van der Waals surface area contributed by atoms with Crippen LogP contribution in [0.25, 0.3) is 0 Å². The van der Waals surface area contributed by atoms with E-state index in [0.717, 1.165) is 44.9 Å². The lowest BCUT2D eigenvalue weighted by Gasteiger charge is -2.46. The minimum atomic E-state index is -1.79. The molecule has 0 aromatic carbocycles. The van der Waals surface area contributed by atoms with Crippen molar-refractivity contribution in [2.75, 3.05) is 19.8 Å². The number of allylic oxidation sites excluding steroid dienone is 7. The minimum Gasteiger partial charge on any atom is -0.394 e. The van der Waals surface area contributed by atoms with Crippen molar-refractivity contribution < 1.29 is 64.6 Å². The van der Waals surface area contributed by atoms with Gasteiger partial charge >= 0.3 is 0 Å². The van der Waals surface area contributed by atoms with E-state index < -0.39 is 86.8 Å². The Balaban J connectivity index is 1.76. The zero-order valence-corrected chi connectivity index (χ0v) is 40.7. The number of amides is 1. The van der Waals surface area contributed by atoms with Gasteiger partial charge in [-0.2, -0.15) is 0 Å². The van der Waals surface area contributed by atoms with Crippen LogP contribution in [0.15, 0.2) is 48.6 Å². The highest BCUT2D eigenvalue weighted by atomic mass is 16.7. The second kappa shape index (κ2) is 38.8. The lowest BCUT2D eigenvalue weighted by atomic mass is 9.97. The quantitative estimate of drug-likeness (QED) is 0.0227. The molecule has 2 aliphatic heterocycles. The summed E-state index contributed by atoms with van der Waals surface area (Å²) in [5.74, 6) is -0.256. The summed E-state index contributed by atoms with van der Waals surface area (Å²) in [4.78, 5) is 13.1. The van der Waals surface area contributed by atoms with Gasteiger partial charge < -0.3 is 65.1 Å². The lowest BCUT2D eigenvalue weighted by Crippen LogP contribution is -2.65. The summed E-state index contributed by atoms with van der Waals surface area (Å²) < 4.78 is 22.6. The first-order valence-electron chi connectivity index (χ1n) is 25.9. The van der Waals surface area contributed by atoms with Gasteiger partial charge in [0.1, 0.15) is 48.8 Å². The summed E-state index contributed by atoms with van der Waals surface area (Å²) >= 11 is 0. The fraction of sp³-hybridized carbons (Fsp3) is 0.827. The molecule has 384 valence electrons. The third-order valence-electron chi connectivity index (χ3n) is 12.5. The Morgan fingerprint density at radius 2 is 1.02 bits per heavy atom. The summed E-state index contributed by atoms with van der Waals surface area (Å²) in [6.07, 6.45) is 28.9. The number of carbonyl (C=O) groups is 1. The number of aliphatic hydroxyl groups is 8. The fourth-order valence-corrected chi connectivity index (χ4v) is 8.22. The Labute approximate surface area is 397 Å². The molecule has 0 aliphatic carbocycles. The molecule has 12 unspecified atom stereocenters. The third-order valence-corrected chi connectivity index (χ3v) is 12.5. The van der Waals surface area contributed by atoms with E-state index in [1.54, 1.807) is 6.08 Å². The first-order valence-corrected chi connectivity index (χ1v) is 25.9. The highest BCUT2D eigenvalue weighted by Gasteiger charge is 2.51. The molecule has 1 amide bonds. The van der Waals surface area contributed by atoms with Gasteiger partial charge in [-0.1, -0.05) is 159 Å². The Morgan fingerprint density at radius 3 is 1.61 bits per heavy atom. The first kappa shape index (κ1) is 60.1. The van der Waals surface area contributed by atoms with Crippen molar-refractivity contribution >= 4 is 5.91 Å². The van der Waals surface area contributed by atoms with Crippen molar-refractivity contribution in [1.29, 1.82) is 0 Å². The molecule has 2 saturated heterocycles. The third kappa shape index (κ3) is 25.5. The number of ether oxygens (including phenoxy) is 4. The van der Waals surface area contributed by atoms with Gasteiger partial charge in [-0.05, 0) is 64.2 Å². The second-order valence-electron chi connectivity index (χ2n) is 18.3. The predicted octanol–water partition coefficient (Wildman–Crippen LogP) is 6.88. The van der Waals surface area contributed by atoms with Crippen molar-refractivity contribution in [2.45, 2.75) is 254 Å². The molecule has 9 N–H and O–H groups in total. The van der Waals surface area contributed by atoms with Crippen LogP contribution >= 0.6 is 0 Å². The molecular formula is C52H93NO13. The molecule has 12 atom stereocenters. The molecule has 66 heavy (non-hydrogen) atoms. The molecule has 14 heteroatoms. The Bertz CT molecular complexity index is 1290. The lowest BCUT2D eigenvalue weighted by molar-refractivity contribution is -0.359. The normalized spacial score (nSPS) is 27.2. The van der Waals surface area contributed by atoms with Crippen LogP contribution in [0.1, 0.15) is 181 Å². The molecule has 0 aromatic rings. The van der Waals surface area contributed by atoms with E-state index in [9.17, 15) is 45.6 Å². The molecular weight excluding hydrogens is 847 g/mol. The maximum absolute atomic E-state index is 13.1. The van der Waals surface area contributed by atoms with Gasteiger partial charge in [-0.25, -0.2) is 0 Å². The van der Waals surface area contributed by atoms with E-state index in [1.165, 1.54) is 103 Å². The van der Waals surface area contributed by atoms with Crippen LogP contribution < -0.4 is 5.32 Å². The zero-order chi connectivity index (χ0) is 48.2. The highest BCUT2D eigenvalue weighted by molar-refractivity contribution is 5.76. The average molecular weight is 940 g/mol. The van der Waals surface area contributed by atoms with Crippen LogP contribution in [-0.2, 0) is 23.7 Å². The second-order valence-corrected chi connectivity index (χ2v) is 18.3. The van der Waals surface area contributed by atoms with Crippen LogP contribution in [0.4, 0.5) is 0 Å². The Kier molecular flexibility index (Phi) is 35.3. The van der Waals surface area contributed by atoms with Crippen LogP contribution in [-0.4, -0.2) is 140 Å². The minimum absolute atomic E-state index is 0.256. The molecule has 2 aliphatic rings. The van der Waals surface area contributed by atoms with Crippen LogP contribution in [0, 0.1) is 0 Å². The summed E-state index contributed by atoms with van der Waals surface area (Å²) in [5.41, 5.74) is 0. The van der Waals surface area contributed by atoms with Crippen molar-refractivity contribution in [2.24, 2.45) is 0 Å². The van der Waals surface area contributed by atoms with E-state index in [2.05, 4.69) is 55.6 Å². The Hall–Kier alpha value is -2.05. The van der Waals surface area contributed by atoms with E-state index >= 15 is 0 Å². The molecule has 2 fully saturated rings. The van der Waals surface area contributed by atoms with Gasteiger partial charge in [-0.3, -0.25) is 4.79 Å². The van der Waals surface area contributed by atoms with E-state index in [0.29, 0.717) is 12.8 Å². The first-order chi connectivity index (χ1) is 32.1. The maximum atomic E-state index is 13.1. The van der Waals surface area contributed by atoms with Gasteiger partial charge in [0.15, 0.2) is 12.6 Å². The number of aliphatic hydroxyl groups excluding tert-OH is 8. The largest absolute Gasteiger partial charge is 0.394 e. The molecule has 0 radical (unpaired) electrons. The Morgan fingerprint density at radius 1 is 0.545 bits per heavy atom. The van der Waals surface area contributed by atoms with Gasteiger partial charge in [0, 0.05) is 6.42 Å². The van der Waals surface area contributed by atoms with Gasteiger partial charge in [0.25, 0.3) is 0 Å². The number of hydrogen-bond acceptors (Lipinski definition) is 13. The summed E-state index contributed by atoms with van der Waals surface area (Å²) in [6, 6.07) is -0.930. The summed E-state index contributed by atoms with van der Waals surface area (Å²) in [6.45, 7) is 2.69. The molecule has 0 saturated carbocycles. The van der Waals surface area contributed by atoms with Crippen molar-refractivity contribution in [3.05, 3.63) is 48.6 Å². The SMILES string of the molecule is CCCCC/C=C/CC/C=C/C(O)C(COC1OC(CO)C(OC2OC(CO)C(O)C(O)C2O)C(O)C1O)NC(=O)CCCCCCCCCCCCC/C=C\C/C=C\CCCCCCC. The summed E-state index contributed by atoms with van der Waals surface area (Å²) in [5, 5.41) is 86.5. The predicted molar refractivity (Wildman–Crippen MR) is 258 cm³/mol. The number of unbranched alkanes of at least 4 members (excludes halogenated alkanes) is 20. The number of hydrogen-bond donors (Lipinski definition) is 9. The standard InChI is InChI=1S/C52H93NO13/c1-3-5-7-9-11-13-14-15-16-17-18-19-20-21-22-23-24-25-26-28-30-32-34-36-44(57)53-40(41(56)35-33-31-29-27-12-10-8-6-4-2)39-63-51-49(62)47(60)50(43(38-55)65-51)66-52-48(61)46(59)45(58)42(37-54)64-52/h12,14-15,17-18,27,33,35,40-43,45-52,54-56,58-62H,3-11,13,16,19-26,28-32,34,36-39H2,1-2H3,(H,53,57)/b15-14-,18-17-,27-12+,35-33+. The monoisotopic (exact) mass is 940 g/mol. The van der Waals surface area contributed by atoms with Crippen molar-refractivity contribution in [1.82, 2.24) is 5.32 Å². The number of carbonyl (C=O) groups excluding carboxylic acids is 1. The van der Waals surface area contributed by atoms with E-state index in [1.807, 2.05) is 6.08 Å². The fourth-order valence-electron chi connectivity index (χ4n) is 8.22. The van der Waals surface area contributed by atoms with Gasteiger partial charge in [-0.15, -0.1) is 0 Å². The molecule has 2 heterocycles. The molecule has 2 rings (SSSR count). The maximum Gasteiger partial charge on any atom is 0.220 e. The summed E-state index contributed by atoms with van der Waals surface area (Å²) in [7, 11) is 0. The van der Waals surface area contributed by atoms with Crippen molar-refractivity contribution in [3.8, 4) is 0 Å². The number of rotatable bonds is 39. The van der Waals surface area contributed by atoms with Gasteiger partial charge in [0.2, 0.25) is 5.91 Å². The molecule has 14 nitrogen and oxygen atoms in total. The van der Waals surface area contributed by atoms with E-state index in [4.69, 9.17) is 18.9 Å². The van der Waals surface area contributed by atoms with Gasteiger partial charge in [0.05, 0.1) is 32.0 Å². The molecule has 0 aromatic heterocycles. The van der Waals surface area contributed by atoms with E-state index in [-0.39, 0.29) is 18.9 Å². The highest BCUT2D eigenvalue weighted by Crippen LogP contribution is 2.30. The molecule has 0 spiro atoms. The van der Waals surface area contributed by atoms with Crippen LogP contribution in [0.2, 0.25) is 0 Å². The molecule has 0 bridgehead atoms. The average Bonchev–Trinajstić information content (AvgIpc) is 3.31. The smallest absolute Gasteiger partial charge is 0.220 e. The number of nitrogens with one attached hydrogen (secondary N) is 1. The topological polar surface area (TPSA) is 228 Å². The van der Waals surface area contributed by atoms with Crippen molar-refractivity contribution in [3.63, 3.8) is 0 Å². The van der Waals surface area contributed by atoms with Crippen LogP contribution in [0.5, 0.6) is 0 Å². The van der Waals surface area contributed by atoms with Crippen LogP contribution in [0.3, 0.4) is 0 Å². The zero-order valence-electron chi connectivity index (χ0n) is 40.7.